The number of amides is 1. The van der Waals surface area contributed by atoms with Crippen molar-refractivity contribution in [2.24, 2.45) is 0 Å². The molecule has 0 spiro atoms. The summed E-state index contributed by atoms with van der Waals surface area (Å²) in [6, 6.07) is 14.1. The summed E-state index contributed by atoms with van der Waals surface area (Å²) in [4.78, 5) is 14.1. The third kappa shape index (κ3) is 3.80. The standard InChI is InChI=1S/C18H18N2O3/c1-20(18(21)14-6-4-13(11-19)5-7-14)12-15-8-9-16(22-2)10-17(15)23-3/h4-10H,12H2,1-3H3. The van der Waals surface area contributed by atoms with Gasteiger partial charge in [0.1, 0.15) is 11.5 Å². The Morgan fingerprint density at radius 1 is 1.13 bits per heavy atom. The van der Waals surface area contributed by atoms with Crippen molar-refractivity contribution in [2.45, 2.75) is 6.54 Å². The maximum atomic E-state index is 12.4. The van der Waals surface area contributed by atoms with Crippen LogP contribution in [0.3, 0.4) is 0 Å². The first-order valence-electron chi connectivity index (χ1n) is 7.05. The largest absolute Gasteiger partial charge is 0.497 e. The van der Waals surface area contributed by atoms with Gasteiger partial charge in [-0.2, -0.15) is 5.26 Å². The van der Waals surface area contributed by atoms with E-state index in [1.54, 1.807) is 56.5 Å². The summed E-state index contributed by atoms with van der Waals surface area (Å²) < 4.78 is 10.5. The zero-order chi connectivity index (χ0) is 16.8. The van der Waals surface area contributed by atoms with Gasteiger partial charge in [-0.25, -0.2) is 0 Å². The molecule has 0 saturated heterocycles. The highest BCUT2D eigenvalue weighted by Gasteiger charge is 2.14. The van der Waals surface area contributed by atoms with Gasteiger partial charge in [0.15, 0.2) is 0 Å². The average molecular weight is 310 g/mol. The SMILES string of the molecule is COc1ccc(CN(C)C(=O)c2ccc(C#N)cc2)c(OC)c1. The summed E-state index contributed by atoms with van der Waals surface area (Å²) in [5.74, 6) is 1.25. The second-order valence-corrected chi connectivity index (χ2v) is 5.03. The average Bonchev–Trinajstić information content (AvgIpc) is 2.61. The number of nitriles is 1. The van der Waals surface area contributed by atoms with Crippen LogP contribution in [0.1, 0.15) is 21.5 Å². The van der Waals surface area contributed by atoms with E-state index in [4.69, 9.17) is 14.7 Å². The quantitative estimate of drug-likeness (QED) is 0.852. The van der Waals surface area contributed by atoms with E-state index in [2.05, 4.69) is 0 Å². The number of benzene rings is 2. The Morgan fingerprint density at radius 2 is 1.83 bits per heavy atom. The highest BCUT2D eigenvalue weighted by atomic mass is 16.5. The molecule has 0 radical (unpaired) electrons. The zero-order valence-electron chi connectivity index (χ0n) is 13.4. The summed E-state index contributed by atoms with van der Waals surface area (Å²) in [7, 11) is 4.90. The van der Waals surface area contributed by atoms with Crippen molar-refractivity contribution in [2.75, 3.05) is 21.3 Å². The number of nitrogens with zero attached hydrogens (tertiary/aromatic N) is 2. The molecular formula is C18H18N2O3. The smallest absolute Gasteiger partial charge is 0.253 e. The van der Waals surface area contributed by atoms with Crippen LogP contribution in [0.25, 0.3) is 0 Å². The number of carbonyl (C=O) groups is 1. The normalized spacial score (nSPS) is 9.83. The Kier molecular flexibility index (Phi) is 5.21. The van der Waals surface area contributed by atoms with E-state index < -0.39 is 0 Å². The topological polar surface area (TPSA) is 62.6 Å². The Hall–Kier alpha value is -3.00. The highest BCUT2D eigenvalue weighted by molar-refractivity contribution is 5.94. The van der Waals surface area contributed by atoms with Crippen LogP contribution in [0.4, 0.5) is 0 Å². The lowest BCUT2D eigenvalue weighted by Gasteiger charge is -2.19. The van der Waals surface area contributed by atoms with E-state index in [0.717, 1.165) is 5.56 Å². The lowest BCUT2D eigenvalue weighted by Crippen LogP contribution is -2.26. The van der Waals surface area contributed by atoms with Crippen molar-refractivity contribution >= 4 is 5.91 Å². The molecular weight excluding hydrogens is 292 g/mol. The second-order valence-electron chi connectivity index (χ2n) is 5.03. The monoisotopic (exact) mass is 310 g/mol. The van der Waals surface area contributed by atoms with Gasteiger partial charge in [0, 0.05) is 30.8 Å². The molecule has 1 amide bonds. The first-order chi connectivity index (χ1) is 11.1. The minimum absolute atomic E-state index is 0.118. The van der Waals surface area contributed by atoms with Crippen molar-refractivity contribution in [3.63, 3.8) is 0 Å². The van der Waals surface area contributed by atoms with Crippen molar-refractivity contribution in [3.05, 3.63) is 59.2 Å². The highest BCUT2D eigenvalue weighted by Crippen LogP contribution is 2.25. The second kappa shape index (κ2) is 7.32. The number of rotatable bonds is 5. The van der Waals surface area contributed by atoms with E-state index in [-0.39, 0.29) is 5.91 Å². The molecule has 118 valence electrons. The molecule has 0 aliphatic carbocycles. The fraction of sp³-hybridized carbons (Fsp3) is 0.222. The molecule has 2 aromatic carbocycles. The minimum atomic E-state index is -0.118. The molecule has 0 aliphatic heterocycles. The molecule has 0 heterocycles. The lowest BCUT2D eigenvalue weighted by atomic mass is 10.1. The van der Waals surface area contributed by atoms with Crippen LogP contribution in [0.5, 0.6) is 11.5 Å². The number of ether oxygens (including phenoxy) is 2. The van der Waals surface area contributed by atoms with Gasteiger partial charge in [0.2, 0.25) is 0 Å². The van der Waals surface area contributed by atoms with Crippen LogP contribution in [-0.2, 0) is 6.54 Å². The molecule has 0 unspecified atom stereocenters. The molecule has 0 bridgehead atoms. The third-order valence-electron chi connectivity index (χ3n) is 3.51. The van der Waals surface area contributed by atoms with Crippen LogP contribution in [-0.4, -0.2) is 32.1 Å². The Bertz CT molecular complexity index is 733. The van der Waals surface area contributed by atoms with Gasteiger partial charge in [-0.3, -0.25) is 4.79 Å². The summed E-state index contributed by atoms with van der Waals surface area (Å²) in [5, 5.41) is 8.80. The van der Waals surface area contributed by atoms with Crippen LogP contribution >= 0.6 is 0 Å². The van der Waals surface area contributed by atoms with Gasteiger partial charge in [-0.05, 0) is 36.4 Å². The molecule has 0 fully saturated rings. The van der Waals surface area contributed by atoms with E-state index in [9.17, 15) is 4.79 Å². The molecule has 5 nitrogen and oxygen atoms in total. The van der Waals surface area contributed by atoms with E-state index in [1.165, 1.54) is 0 Å². The fourth-order valence-corrected chi connectivity index (χ4v) is 2.22. The first kappa shape index (κ1) is 16.4. The van der Waals surface area contributed by atoms with Crippen LogP contribution in [0, 0.1) is 11.3 Å². The van der Waals surface area contributed by atoms with Gasteiger partial charge in [-0.1, -0.05) is 0 Å². The van der Waals surface area contributed by atoms with Gasteiger partial charge in [0.05, 0.1) is 25.9 Å². The summed E-state index contributed by atoms with van der Waals surface area (Å²) in [6.45, 7) is 0.409. The molecule has 2 aromatic rings. The van der Waals surface area contributed by atoms with Crippen LogP contribution in [0.15, 0.2) is 42.5 Å². The van der Waals surface area contributed by atoms with Gasteiger partial charge < -0.3 is 14.4 Å². The summed E-state index contributed by atoms with van der Waals surface area (Å²) in [5.41, 5.74) is 1.96. The lowest BCUT2D eigenvalue weighted by molar-refractivity contribution is 0.0784. The maximum absolute atomic E-state index is 12.4. The third-order valence-corrected chi connectivity index (χ3v) is 3.51. The molecule has 0 saturated carbocycles. The Balaban J connectivity index is 2.16. The Labute approximate surface area is 135 Å². The molecule has 5 heteroatoms. The van der Waals surface area contributed by atoms with Crippen molar-refractivity contribution in [1.82, 2.24) is 4.90 Å². The summed E-state index contributed by atoms with van der Waals surface area (Å²) >= 11 is 0. The maximum Gasteiger partial charge on any atom is 0.253 e. The van der Waals surface area contributed by atoms with Crippen LogP contribution < -0.4 is 9.47 Å². The molecule has 0 aliphatic rings. The minimum Gasteiger partial charge on any atom is -0.497 e. The van der Waals surface area contributed by atoms with Crippen molar-refractivity contribution in [3.8, 4) is 17.6 Å². The predicted molar refractivity (Wildman–Crippen MR) is 86.5 cm³/mol. The first-order valence-corrected chi connectivity index (χ1v) is 7.05. The molecule has 2 rings (SSSR count). The van der Waals surface area contributed by atoms with Crippen molar-refractivity contribution in [1.29, 1.82) is 5.26 Å². The fourth-order valence-electron chi connectivity index (χ4n) is 2.22. The summed E-state index contributed by atoms with van der Waals surface area (Å²) in [6.07, 6.45) is 0. The molecule has 0 aromatic heterocycles. The van der Waals surface area contributed by atoms with E-state index in [1.807, 2.05) is 18.2 Å². The molecule has 0 N–H and O–H groups in total. The Morgan fingerprint density at radius 3 is 2.39 bits per heavy atom. The van der Waals surface area contributed by atoms with Crippen LogP contribution in [0.2, 0.25) is 0 Å². The van der Waals surface area contributed by atoms with Gasteiger partial charge in [0.25, 0.3) is 5.91 Å². The number of hydrogen-bond donors (Lipinski definition) is 0. The zero-order valence-corrected chi connectivity index (χ0v) is 13.4. The van der Waals surface area contributed by atoms with Crippen molar-refractivity contribution < 1.29 is 14.3 Å². The predicted octanol–water partition coefficient (Wildman–Crippen LogP) is 2.85. The number of carbonyl (C=O) groups excluding carboxylic acids is 1. The van der Waals surface area contributed by atoms with Gasteiger partial charge in [-0.15, -0.1) is 0 Å². The molecule has 0 atom stereocenters. The van der Waals surface area contributed by atoms with Gasteiger partial charge >= 0.3 is 0 Å². The molecule has 23 heavy (non-hydrogen) atoms. The number of methoxy groups -OCH3 is 2. The van der Waals surface area contributed by atoms with E-state index in [0.29, 0.717) is 29.2 Å². The van der Waals surface area contributed by atoms with E-state index >= 15 is 0 Å². The number of hydrogen-bond acceptors (Lipinski definition) is 4.